The molecule has 2 aromatic carbocycles. The first-order valence-corrected chi connectivity index (χ1v) is 7.75. The maximum atomic E-state index is 13.0. The zero-order valence-electron chi connectivity index (χ0n) is 13.3. The van der Waals surface area contributed by atoms with Gasteiger partial charge in [-0.1, -0.05) is 35.4 Å². The van der Waals surface area contributed by atoms with E-state index in [1.54, 1.807) is 12.1 Å². The number of benzene rings is 2. The van der Waals surface area contributed by atoms with Crippen LogP contribution in [0.15, 0.2) is 54.6 Å². The number of amides is 1. The number of nitrogens with one attached hydrogen (secondary N) is 1. The normalized spacial score (nSPS) is 11.9. The number of carbonyl (C=O) groups is 1. The van der Waals surface area contributed by atoms with Crippen LogP contribution in [-0.2, 0) is 11.2 Å². The Hall–Kier alpha value is -3.29. The number of primary amides is 1. The summed E-state index contributed by atoms with van der Waals surface area (Å²) in [5.41, 5.74) is 7.12. The van der Waals surface area contributed by atoms with Gasteiger partial charge in [-0.2, -0.15) is 4.68 Å². The minimum Gasteiger partial charge on any atom is -0.369 e. The monoisotopic (exact) mass is 340 g/mol. The Morgan fingerprint density at radius 1 is 1.16 bits per heavy atom. The largest absolute Gasteiger partial charge is 0.369 e. The van der Waals surface area contributed by atoms with E-state index in [-0.39, 0.29) is 12.4 Å². The average molecular weight is 340 g/mol. The molecule has 1 aromatic heterocycles. The highest BCUT2D eigenvalue weighted by atomic mass is 19.1. The molecule has 25 heavy (non-hydrogen) atoms. The number of hydrogen-bond donors (Lipinski definition) is 2. The lowest BCUT2D eigenvalue weighted by Crippen LogP contribution is -2.31. The summed E-state index contributed by atoms with van der Waals surface area (Å²) in [5.74, 6) is -0.835. The van der Waals surface area contributed by atoms with Crippen LogP contribution in [-0.4, -0.2) is 32.7 Å². The molecule has 0 radical (unpaired) electrons. The molecular weight excluding hydrogens is 323 g/mol. The Labute approximate surface area is 143 Å². The quantitative estimate of drug-likeness (QED) is 0.680. The minimum absolute atomic E-state index is 0.264. The van der Waals surface area contributed by atoms with Gasteiger partial charge in [0.15, 0.2) is 0 Å². The molecule has 3 rings (SSSR count). The van der Waals surface area contributed by atoms with Crippen molar-refractivity contribution in [1.82, 2.24) is 20.2 Å². The van der Waals surface area contributed by atoms with E-state index in [0.29, 0.717) is 12.4 Å². The first kappa shape index (κ1) is 16.6. The number of hydrogen-bond acceptors (Lipinski definition) is 5. The predicted octanol–water partition coefficient (Wildman–Crippen LogP) is 1.56. The molecule has 0 bridgehead atoms. The van der Waals surface area contributed by atoms with Crippen molar-refractivity contribution < 1.29 is 9.18 Å². The topological polar surface area (TPSA) is 98.7 Å². The molecule has 1 heterocycles. The number of nitrogens with two attached hydrogens (primary N) is 1. The maximum absolute atomic E-state index is 13.0. The van der Waals surface area contributed by atoms with Crippen LogP contribution in [0.25, 0.3) is 5.69 Å². The number of para-hydroxylation sites is 1. The molecule has 3 aromatic rings. The minimum atomic E-state index is -0.480. The second-order valence-electron chi connectivity index (χ2n) is 5.56. The molecule has 0 saturated carbocycles. The van der Waals surface area contributed by atoms with Gasteiger partial charge in [-0.05, 0) is 46.7 Å². The van der Waals surface area contributed by atoms with Crippen LogP contribution in [0, 0.1) is 11.7 Å². The number of nitrogens with zero attached hydrogens (tertiary/aromatic N) is 4. The summed E-state index contributed by atoms with van der Waals surface area (Å²) >= 11 is 0. The zero-order valence-corrected chi connectivity index (χ0v) is 13.3. The summed E-state index contributed by atoms with van der Waals surface area (Å²) in [4.78, 5) is 11.7. The number of halogens is 1. The lowest BCUT2D eigenvalue weighted by atomic mass is 9.98. The number of aromatic nitrogens is 4. The van der Waals surface area contributed by atoms with Gasteiger partial charge < -0.3 is 11.1 Å². The molecule has 0 aliphatic rings. The standard InChI is InChI=1S/C17H17FN6O/c18-14-8-6-12(7-9-14)10-13(16(19)25)11-20-17-21-22-23-24(17)15-4-2-1-3-5-15/h1-9,13H,10-11H2,(H2,19,25)(H,20,21,23). The van der Waals surface area contributed by atoms with Crippen LogP contribution in [0.5, 0.6) is 0 Å². The van der Waals surface area contributed by atoms with Gasteiger partial charge in [-0.25, -0.2) is 4.39 Å². The van der Waals surface area contributed by atoms with Gasteiger partial charge in [0.2, 0.25) is 11.9 Å². The molecule has 0 aliphatic heterocycles. The third kappa shape index (κ3) is 4.17. The van der Waals surface area contributed by atoms with Gasteiger partial charge in [0.25, 0.3) is 0 Å². The third-order valence-electron chi connectivity index (χ3n) is 3.77. The molecule has 1 unspecified atom stereocenters. The van der Waals surface area contributed by atoms with E-state index in [2.05, 4.69) is 20.8 Å². The third-order valence-corrected chi connectivity index (χ3v) is 3.77. The number of rotatable bonds is 7. The number of anilines is 1. The molecule has 1 amide bonds. The van der Waals surface area contributed by atoms with Gasteiger partial charge >= 0.3 is 0 Å². The highest BCUT2D eigenvalue weighted by Gasteiger charge is 2.18. The first-order chi connectivity index (χ1) is 12.1. The summed E-state index contributed by atoms with van der Waals surface area (Å²) in [6.45, 7) is 0.264. The van der Waals surface area contributed by atoms with Crippen LogP contribution in [0.1, 0.15) is 5.56 Å². The molecule has 0 fully saturated rings. The first-order valence-electron chi connectivity index (χ1n) is 7.75. The molecule has 0 spiro atoms. The van der Waals surface area contributed by atoms with E-state index in [0.717, 1.165) is 11.3 Å². The second-order valence-corrected chi connectivity index (χ2v) is 5.56. The molecule has 8 heteroatoms. The fraction of sp³-hybridized carbons (Fsp3) is 0.176. The van der Waals surface area contributed by atoms with Gasteiger partial charge in [0.1, 0.15) is 5.82 Å². The Kier molecular flexibility index (Phi) is 4.98. The number of tetrazole rings is 1. The Morgan fingerprint density at radius 2 is 1.88 bits per heavy atom. The van der Waals surface area contributed by atoms with Gasteiger partial charge in [0, 0.05) is 6.54 Å². The van der Waals surface area contributed by atoms with E-state index >= 15 is 0 Å². The van der Waals surface area contributed by atoms with Crippen molar-refractivity contribution in [3.8, 4) is 5.69 Å². The van der Waals surface area contributed by atoms with Crippen molar-refractivity contribution in [3.05, 3.63) is 66.0 Å². The Morgan fingerprint density at radius 3 is 2.56 bits per heavy atom. The summed E-state index contributed by atoms with van der Waals surface area (Å²) in [5, 5.41) is 14.6. The lowest BCUT2D eigenvalue weighted by Gasteiger charge is -2.15. The summed E-state index contributed by atoms with van der Waals surface area (Å²) in [6.07, 6.45) is 0.398. The van der Waals surface area contributed by atoms with Crippen molar-refractivity contribution in [2.45, 2.75) is 6.42 Å². The zero-order chi connectivity index (χ0) is 17.6. The second kappa shape index (κ2) is 7.52. The van der Waals surface area contributed by atoms with E-state index < -0.39 is 11.8 Å². The van der Waals surface area contributed by atoms with E-state index in [1.165, 1.54) is 16.8 Å². The smallest absolute Gasteiger partial charge is 0.247 e. The maximum Gasteiger partial charge on any atom is 0.247 e. The summed E-state index contributed by atoms with van der Waals surface area (Å²) in [6, 6.07) is 15.4. The van der Waals surface area contributed by atoms with E-state index in [1.807, 2.05) is 30.3 Å². The van der Waals surface area contributed by atoms with Crippen LogP contribution >= 0.6 is 0 Å². The molecule has 1 atom stereocenters. The molecule has 0 saturated heterocycles. The van der Waals surface area contributed by atoms with Crippen molar-refractivity contribution in [2.24, 2.45) is 11.7 Å². The van der Waals surface area contributed by atoms with Crippen LogP contribution in [0.2, 0.25) is 0 Å². The Balaban J connectivity index is 1.69. The van der Waals surface area contributed by atoms with Crippen LogP contribution in [0.4, 0.5) is 10.3 Å². The highest BCUT2D eigenvalue weighted by molar-refractivity contribution is 5.77. The van der Waals surface area contributed by atoms with E-state index in [4.69, 9.17) is 5.73 Å². The van der Waals surface area contributed by atoms with Gasteiger partial charge in [0.05, 0.1) is 11.6 Å². The van der Waals surface area contributed by atoms with Crippen LogP contribution < -0.4 is 11.1 Å². The fourth-order valence-corrected chi connectivity index (χ4v) is 2.43. The highest BCUT2D eigenvalue weighted by Crippen LogP contribution is 2.14. The molecule has 7 nitrogen and oxygen atoms in total. The van der Waals surface area contributed by atoms with Crippen LogP contribution in [0.3, 0.4) is 0 Å². The predicted molar refractivity (Wildman–Crippen MR) is 90.4 cm³/mol. The lowest BCUT2D eigenvalue weighted by molar-refractivity contribution is -0.121. The SMILES string of the molecule is NC(=O)C(CNc1nnnn1-c1ccccc1)Cc1ccc(F)cc1. The number of carbonyl (C=O) groups excluding carboxylic acids is 1. The fourth-order valence-electron chi connectivity index (χ4n) is 2.43. The molecule has 0 aliphatic carbocycles. The van der Waals surface area contributed by atoms with Gasteiger partial charge in [-0.3, -0.25) is 4.79 Å². The summed E-state index contributed by atoms with van der Waals surface area (Å²) < 4.78 is 14.5. The average Bonchev–Trinajstić information content (AvgIpc) is 3.09. The van der Waals surface area contributed by atoms with Crippen molar-refractivity contribution >= 4 is 11.9 Å². The molecule has 128 valence electrons. The van der Waals surface area contributed by atoms with Crippen molar-refractivity contribution in [3.63, 3.8) is 0 Å². The molecular formula is C17H17FN6O. The Bertz CT molecular complexity index is 834. The molecule has 3 N–H and O–H groups in total. The van der Waals surface area contributed by atoms with Gasteiger partial charge in [-0.15, -0.1) is 0 Å². The van der Waals surface area contributed by atoms with E-state index in [9.17, 15) is 9.18 Å². The van der Waals surface area contributed by atoms with Crippen molar-refractivity contribution in [2.75, 3.05) is 11.9 Å². The summed E-state index contributed by atoms with van der Waals surface area (Å²) in [7, 11) is 0. The van der Waals surface area contributed by atoms with Crippen molar-refractivity contribution in [1.29, 1.82) is 0 Å².